The fraction of sp³-hybridized carbons (Fsp3) is 0.667. The molecule has 1 fully saturated rings. The minimum Gasteiger partial charge on any atom is -0.368 e. The lowest BCUT2D eigenvalue weighted by Gasteiger charge is -2.21. The van der Waals surface area contributed by atoms with Gasteiger partial charge in [0.05, 0.1) is 0 Å². The van der Waals surface area contributed by atoms with Crippen LogP contribution in [-0.4, -0.2) is 33.4 Å². The average molecular weight is 210 g/mol. The number of hydrogen-bond acceptors (Lipinski definition) is 4. The molecule has 2 rings (SSSR count). The number of amides is 1. The summed E-state index contributed by atoms with van der Waals surface area (Å²) < 4.78 is 7.01. The molecule has 1 aromatic heterocycles. The topological polar surface area (TPSA) is 69.0 Å². The van der Waals surface area contributed by atoms with Crippen LogP contribution in [0.4, 0.5) is 5.95 Å². The van der Waals surface area contributed by atoms with Crippen LogP contribution in [0.5, 0.6) is 0 Å². The zero-order chi connectivity index (χ0) is 10.7. The van der Waals surface area contributed by atoms with Crippen molar-refractivity contribution in [2.24, 2.45) is 7.05 Å². The van der Waals surface area contributed by atoms with E-state index >= 15 is 0 Å². The molecule has 82 valence electrons. The van der Waals surface area contributed by atoms with Gasteiger partial charge in [-0.2, -0.15) is 0 Å². The molecule has 6 heteroatoms. The summed E-state index contributed by atoms with van der Waals surface area (Å²) in [5, 5.41) is 10.1. The fourth-order valence-electron chi connectivity index (χ4n) is 1.53. The van der Waals surface area contributed by atoms with E-state index < -0.39 is 0 Å². The van der Waals surface area contributed by atoms with Crippen LogP contribution in [0.25, 0.3) is 0 Å². The van der Waals surface area contributed by atoms with E-state index in [9.17, 15) is 4.79 Å². The van der Waals surface area contributed by atoms with Crippen LogP contribution >= 0.6 is 0 Å². The molecule has 1 saturated heterocycles. The molecule has 0 bridgehead atoms. The third-order valence-electron chi connectivity index (χ3n) is 2.42. The Morgan fingerprint density at radius 1 is 1.67 bits per heavy atom. The third kappa shape index (κ3) is 2.33. The van der Waals surface area contributed by atoms with Crippen LogP contribution in [-0.2, 0) is 16.6 Å². The van der Waals surface area contributed by atoms with Crippen LogP contribution in [0.3, 0.4) is 0 Å². The van der Waals surface area contributed by atoms with Gasteiger partial charge in [0.2, 0.25) is 5.95 Å². The van der Waals surface area contributed by atoms with Gasteiger partial charge in [-0.3, -0.25) is 10.1 Å². The van der Waals surface area contributed by atoms with Gasteiger partial charge in [0.15, 0.2) is 0 Å². The highest BCUT2D eigenvalue weighted by Gasteiger charge is 2.22. The SMILES string of the molecule is Cn1cnnc1NC(=O)C1CCCCO1. The first-order valence-corrected chi connectivity index (χ1v) is 5.04. The molecule has 1 aromatic rings. The second-order valence-corrected chi connectivity index (χ2v) is 3.61. The molecule has 1 N–H and O–H groups in total. The summed E-state index contributed by atoms with van der Waals surface area (Å²) in [6.45, 7) is 0.664. The number of aromatic nitrogens is 3. The minimum atomic E-state index is -0.338. The van der Waals surface area contributed by atoms with E-state index in [1.165, 1.54) is 6.33 Å². The number of carbonyl (C=O) groups is 1. The predicted molar refractivity (Wildman–Crippen MR) is 53.2 cm³/mol. The number of nitrogens with zero attached hydrogens (tertiary/aromatic N) is 3. The van der Waals surface area contributed by atoms with Crippen LogP contribution in [0, 0.1) is 0 Å². The molecular weight excluding hydrogens is 196 g/mol. The molecule has 0 aliphatic carbocycles. The number of hydrogen-bond donors (Lipinski definition) is 1. The quantitative estimate of drug-likeness (QED) is 0.763. The number of ether oxygens (including phenoxy) is 1. The standard InChI is InChI=1S/C9H14N4O2/c1-13-6-10-12-9(13)11-8(14)7-4-2-3-5-15-7/h6-7H,2-5H2,1H3,(H,11,12,14). The Balaban J connectivity index is 1.94. The highest BCUT2D eigenvalue weighted by molar-refractivity contribution is 5.92. The Bertz CT molecular complexity index is 344. The summed E-state index contributed by atoms with van der Waals surface area (Å²) in [4.78, 5) is 11.7. The normalized spacial score (nSPS) is 21.3. The first-order chi connectivity index (χ1) is 7.27. The number of anilines is 1. The van der Waals surface area contributed by atoms with Gasteiger partial charge in [0, 0.05) is 13.7 Å². The van der Waals surface area contributed by atoms with E-state index in [0.717, 1.165) is 19.3 Å². The summed E-state index contributed by atoms with van der Waals surface area (Å²) in [5.74, 6) is 0.319. The second-order valence-electron chi connectivity index (χ2n) is 3.61. The van der Waals surface area contributed by atoms with Gasteiger partial charge in [-0.25, -0.2) is 0 Å². The van der Waals surface area contributed by atoms with E-state index in [-0.39, 0.29) is 12.0 Å². The molecule has 1 aliphatic heterocycles. The smallest absolute Gasteiger partial charge is 0.255 e. The van der Waals surface area contributed by atoms with Crippen molar-refractivity contribution in [3.63, 3.8) is 0 Å². The van der Waals surface area contributed by atoms with Crippen LogP contribution < -0.4 is 5.32 Å². The third-order valence-corrected chi connectivity index (χ3v) is 2.42. The van der Waals surface area contributed by atoms with E-state index in [2.05, 4.69) is 15.5 Å². The second kappa shape index (κ2) is 4.39. The Kier molecular flexibility index (Phi) is 2.96. The maximum absolute atomic E-state index is 11.7. The lowest BCUT2D eigenvalue weighted by atomic mass is 10.1. The summed E-state index contributed by atoms with van der Waals surface area (Å²) in [6.07, 6.45) is 4.06. The molecule has 15 heavy (non-hydrogen) atoms. The van der Waals surface area contributed by atoms with Gasteiger partial charge < -0.3 is 9.30 Å². The zero-order valence-electron chi connectivity index (χ0n) is 8.64. The van der Waals surface area contributed by atoms with Crippen LogP contribution in [0.1, 0.15) is 19.3 Å². The molecule has 0 aromatic carbocycles. The highest BCUT2D eigenvalue weighted by Crippen LogP contribution is 2.14. The molecule has 2 heterocycles. The molecule has 0 spiro atoms. The maximum atomic E-state index is 11.7. The number of rotatable bonds is 2. The Hall–Kier alpha value is -1.43. The molecule has 0 saturated carbocycles. The molecular formula is C9H14N4O2. The van der Waals surface area contributed by atoms with Crippen molar-refractivity contribution in [2.45, 2.75) is 25.4 Å². The van der Waals surface area contributed by atoms with Crippen molar-refractivity contribution in [3.8, 4) is 0 Å². The first-order valence-electron chi connectivity index (χ1n) is 5.04. The van der Waals surface area contributed by atoms with E-state index in [4.69, 9.17) is 4.74 Å². The molecule has 6 nitrogen and oxygen atoms in total. The Morgan fingerprint density at radius 3 is 3.13 bits per heavy atom. The zero-order valence-corrected chi connectivity index (χ0v) is 8.64. The number of aryl methyl sites for hydroxylation is 1. The lowest BCUT2D eigenvalue weighted by molar-refractivity contribution is -0.130. The molecule has 1 amide bonds. The van der Waals surface area contributed by atoms with Crippen molar-refractivity contribution >= 4 is 11.9 Å². The summed E-state index contributed by atoms with van der Waals surface area (Å²) >= 11 is 0. The summed E-state index contributed by atoms with van der Waals surface area (Å²) in [7, 11) is 1.78. The van der Waals surface area contributed by atoms with Gasteiger partial charge in [-0.05, 0) is 19.3 Å². The van der Waals surface area contributed by atoms with Gasteiger partial charge in [-0.1, -0.05) is 0 Å². The van der Waals surface area contributed by atoms with Crippen molar-refractivity contribution in [2.75, 3.05) is 11.9 Å². The van der Waals surface area contributed by atoms with Gasteiger partial charge in [-0.15, -0.1) is 10.2 Å². The number of carbonyl (C=O) groups excluding carboxylic acids is 1. The lowest BCUT2D eigenvalue weighted by Crippen LogP contribution is -2.33. The fourth-order valence-corrected chi connectivity index (χ4v) is 1.53. The van der Waals surface area contributed by atoms with E-state index in [0.29, 0.717) is 12.6 Å². The average Bonchev–Trinajstić information content (AvgIpc) is 2.66. The molecule has 1 unspecified atom stereocenters. The van der Waals surface area contributed by atoms with Crippen LogP contribution in [0.2, 0.25) is 0 Å². The van der Waals surface area contributed by atoms with Crippen molar-refractivity contribution < 1.29 is 9.53 Å². The summed E-state index contributed by atoms with van der Waals surface area (Å²) in [5.41, 5.74) is 0. The predicted octanol–water partition coefficient (Wildman–Crippen LogP) is 0.323. The van der Waals surface area contributed by atoms with Gasteiger partial charge in [0.1, 0.15) is 12.4 Å². The summed E-state index contributed by atoms with van der Waals surface area (Å²) in [6, 6.07) is 0. The molecule has 1 atom stereocenters. The monoisotopic (exact) mass is 210 g/mol. The Morgan fingerprint density at radius 2 is 2.53 bits per heavy atom. The highest BCUT2D eigenvalue weighted by atomic mass is 16.5. The van der Waals surface area contributed by atoms with Crippen molar-refractivity contribution in [1.82, 2.24) is 14.8 Å². The largest absolute Gasteiger partial charge is 0.368 e. The molecule has 0 radical (unpaired) electrons. The van der Waals surface area contributed by atoms with Gasteiger partial charge in [0.25, 0.3) is 5.91 Å². The van der Waals surface area contributed by atoms with Crippen molar-refractivity contribution in [3.05, 3.63) is 6.33 Å². The minimum absolute atomic E-state index is 0.134. The maximum Gasteiger partial charge on any atom is 0.255 e. The van der Waals surface area contributed by atoms with Gasteiger partial charge >= 0.3 is 0 Å². The Labute approximate surface area is 87.6 Å². The van der Waals surface area contributed by atoms with Crippen LogP contribution in [0.15, 0.2) is 6.33 Å². The number of nitrogens with one attached hydrogen (secondary N) is 1. The van der Waals surface area contributed by atoms with E-state index in [1.54, 1.807) is 11.6 Å². The van der Waals surface area contributed by atoms with E-state index in [1.807, 2.05) is 0 Å². The van der Waals surface area contributed by atoms with Crippen molar-refractivity contribution in [1.29, 1.82) is 0 Å². The first kappa shape index (κ1) is 10.1. The molecule has 1 aliphatic rings.